The zero-order valence-corrected chi connectivity index (χ0v) is 13.9. The molecular formula is C19H22F2O3. The molecule has 3 rings (SSSR count). The quantitative estimate of drug-likeness (QED) is 0.461. The van der Waals surface area contributed by atoms with E-state index in [4.69, 9.17) is 9.47 Å². The zero-order chi connectivity index (χ0) is 17.3. The van der Waals surface area contributed by atoms with Gasteiger partial charge in [-0.25, -0.2) is 0 Å². The van der Waals surface area contributed by atoms with Crippen molar-refractivity contribution in [2.75, 3.05) is 7.11 Å². The fraction of sp³-hybridized carbons (Fsp3) is 0.526. The van der Waals surface area contributed by atoms with E-state index in [1.165, 1.54) is 19.2 Å². The van der Waals surface area contributed by atoms with Crippen LogP contribution in [0, 0.1) is 35.3 Å². The van der Waals surface area contributed by atoms with Crippen LogP contribution in [0.3, 0.4) is 0 Å². The molecule has 0 N–H and O–H groups in total. The minimum Gasteiger partial charge on any atom is -0.494 e. The van der Waals surface area contributed by atoms with Gasteiger partial charge in [0.05, 0.1) is 13.0 Å². The number of allylic oxidation sites excluding steroid dienone is 2. The van der Waals surface area contributed by atoms with Gasteiger partial charge in [0.25, 0.3) is 0 Å². The summed E-state index contributed by atoms with van der Waals surface area (Å²) < 4.78 is 37.6. The van der Waals surface area contributed by atoms with Crippen LogP contribution in [0.1, 0.15) is 32.6 Å². The summed E-state index contributed by atoms with van der Waals surface area (Å²) in [5, 5.41) is 0. The second-order valence-electron chi connectivity index (χ2n) is 6.59. The van der Waals surface area contributed by atoms with Crippen LogP contribution in [0.15, 0.2) is 24.3 Å². The normalized spacial score (nSPS) is 29.0. The Hall–Kier alpha value is -1.91. The predicted octanol–water partition coefficient (Wildman–Crippen LogP) is 4.51. The van der Waals surface area contributed by atoms with Crippen molar-refractivity contribution in [2.24, 2.45) is 23.7 Å². The number of rotatable bonds is 4. The monoisotopic (exact) mass is 336 g/mol. The molecule has 4 unspecified atom stereocenters. The van der Waals surface area contributed by atoms with Gasteiger partial charge in [0.2, 0.25) is 11.6 Å². The maximum atomic E-state index is 14.0. The molecule has 5 heteroatoms. The zero-order valence-electron chi connectivity index (χ0n) is 13.9. The summed E-state index contributed by atoms with van der Waals surface area (Å²) >= 11 is 0. The van der Waals surface area contributed by atoms with E-state index in [1.807, 2.05) is 6.92 Å². The molecule has 1 aromatic rings. The van der Waals surface area contributed by atoms with Crippen LogP contribution in [-0.4, -0.2) is 13.1 Å². The van der Waals surface area contributed by atoms with Crippen LogP contribution in [0.5, 0.6) is 11.5 Å². The number of fused-ring (bicyclic) bond motifs is 1. The lowest BCUT2D eigenvalue weighted by Gasteiger charge is -2.18. The molecule has 3 nitrogen and oxygen atoms in total. The third kappa shape index (κ3) is 2.92. The fourth-order valence-corrected chi connectivity index (χ4v) is 4.36. The Kier molecular flexibility index (Phi) is 4.88. The van der Waals surface area contributed by atoms with E-state index in [-0.39, 0.29) is 23.3 Å². The molecule has 0 amide bonds. The molecule has 0 heterocycles. The largest absolute Gasteiger partial charge is 0.494 e. The number of esters is 1. The Morgan fingerprint density at radius 2 is 1.75 bits per heavy atom. The van der Waals surface area contributed by atoms with Gasteiger partial charge >= 0.3 is 5.97 Å². The van der Waals surface area contributed by atoms with Crippen molar-refractivity contribution in [2.45, 2.75) is 32.6 Å². The first kappa shape index (κ1) is 16.9. The van der Waals surface area contributed by atoms with E-state index in [0.717, 1.165) is 25.7 Å². The van der Waals surface area contributed by atoms with E-state index in [9.17, 15) is 13.6 Å². The summed E-state index contributed by atoms with van der Waals surface area (Å²) in [5.74, 6) is -2.28. The molecule has 1 aromatic carbocycles. The number of carbonyl (C=O) groups excluding carboxylic acids is 1. The molecule has 2 aliphatic carbocycles. The highest BCUT2D eigenvalue weighted by molar-refractivity contribution is 5.76. The molecule has 4 atom stereocenters. The predicted molar refractivity (Wildman–Crippen MR) is 85.8 cm³/mol. The molecule has 24 heavy (non-hydrogen) atoms. The van der Waals surface area contributed by atoms with Crippen molar-refractivity contribution in [1.82, 2.24) is 0 Å². The van der Waals surface area contributed by atoms with Gasteiger partial charge < -0.3 is 9.47 Å². The topological polar surface area (TPSA) is 35.5 Å². The highest BCUT2D eigenvalue weighted by atomic mass is 19.2. The van der Waals surface area contributed by atoms with Gasteiger partial charge in [-0.05, 0) is 62.5 Å². The summed E-state index contributed by atoms with van der Waals surface area (Å²) in [6.07, 6.45) is 8.08. The average molecular weight is 336 g/mol. The van der Waals surface area contributed by atoms with Crippen LogP contribution in [0.4, 0.5) is 8.78 Å². The van der Waals surface area contributed by atoms with E-state index in [0.29, 0.717) is 11.8 Å². The Labute approximate surface area is 140 Å². The lowest BCUT2D eigenvalue weighted by molar-refractivity contribution is -0.140. The number of ether oxygens (including phenoxy) is 2. The minimum atomic E-state index is -1.18. The second-order valence-corrected chi connectivity index (χ2v) is 6.59. The van der Waals surface area contributed by atoms with Gasteiger partial charge in [-0.3, -0.25) is 4.79 Å². The first-order valence-electron chi connectivity index (χ1n) is 8.43. The maximum absolute atomic E-state index is 14.0. The molecule has 0 aliphatic heterocycles. The third-order valence-corrected chi connectivity index (χ3v) is 5.45. The van der Waals surface area contributed by atoms with Crippen LogP contribution in [0.25, 0.3) is 0 Å². The lowest BCUT2D eigenvalue weighted by atomic mass is 9.89. The second kappa shape index (κ2) is 6.91. The van der Waals surface area contributed by atoms with Crippen molar-refractivity contribution >= 4 is 5.97 Å². The molecule has 130 valence electrons. The van der Waals surface area contributed by atoms with Crippen molar-refractivity contribution in [3.8, 4) is 11.5 Å². The highest BCUT2D eigenvalue weighted by Crippen LogP contribution is 2.51. The van der Waals surface area contributed by atoms with Gasteiger partial charge in [0.1, 0.15) is 0 Å². The Morgan fingerprint density at radius 1 is 1.08 bits per heavy atom. The Bertz CT molecular complexity index is 656. The first-order valence-corrected chi connectivity index (χ1v) is 8.43. The van der Waals surface area contributed by atoms with E-state index in [2.05, 4.69) is 12.2 Å². The molecule has 0 saturated heterocycles. The van der Waals surface area contributed by atoms with E-state index in [1.54, 1.807) is 0 Å². The first-order chi connectivity index (χ1) is 11.6. The van der Waals surface area contributed by atoms with Crippen molar-refractivity contribution < 1.29 is 23.0 Å². The molecule has 2 saturated carbocycles. The number of carbonyl (C=O) groups is 1. The van der Waals surface area contributed by atoms with Crippen molar-refractivity contribution in [3.63, 3.8) is 0 Å². The molecule has 0 radical (unpaired) electrons. The van der Waals surface area contributed by atoms with Crippen LogP contribution >= 0.6 is 0 Å². The molecule has 0 aromatic heterocycles. The molecule has 2 aliphatic rings. The summed E-state index contributed by atoms with van der Waals surface area (Å²) in [6.45, 7) is 2.01. The Morgan fingerprint density at radius 3 is 2.46 bits per heavy atom. The standard InChI is InChI=1S/C19H22F2O3/c1-3-4-11-5-6-13-12(11)7-8-14(13)19(22)24-16-10-9-15(23-2)17(20)18(16)21/h3-4,9-14H,5-8H2,1-2H3/b4-3+. The minimum absolute atomic E-state index is 0.210. The van der Waals surface area contributed by atoms with E-state index < -0.39 is 17.6 Å². The number of benzene rings is 1. The van der Waals surface area contributed by atoms with Crippen LogP contribution in [-0.2, 0) is 4.79 Å². The van der Waals surface area contributed by atoms with Gasteiger partial charge in [0, 0.05) is 0 Å². The molecule has 0 spiro atoms. The summed E-state index contributed by atoms with van der Waals surface area (Å²) in [4.78, 5) is 12.5. The molecule has 0 bridgehead atoms. The van der Waals surface area contributed by atoms with Gasteiger partial charge in [-0.1, -0.05) is 12.2 Å². The smallest absolute Gasteiger partial charge is 0.314 e. The number of methoxy groups -OCH3 is 1. The lowest BCUT2D eigenvalue weighted by Crippen LogP contribution is -2.25. The third-order valence-electron chi connectivity index (χ3n) is 5.45. The van der Waals surface area contributed by atoms with Gasteiger partial charge in [-0.15, -0.1) is 0 Å². The van der Waals surface area contributed by atoms with Crippen LogP contribution in [0.2, 0.25) is 0 Å². The SMILES string of the molecule is C/C=C/C1CCC2C(C(=O)Oc3ccc(OC)c(F)c3F)CCC12. The molecular weight excluding hydrogens is 314 g/mol. The Balaban J connectivity index is 1.72. The van der Waals surface area contributed by atoms with Gasteiger partial charge in [0.15, 0.2) is 11.5 Å². The average Bonchev–Trinajstić information content (AvgIpc) is 3.15. The van der Waals surface area contributed by atoms with Gasteiger partial charge in [-0.2, -0.15) is 8.78 Å². The highest BCUT2D eigenvalue weighted by Gasteiger charge is 2.47. The summed E-state index contributed by atoms with van der Waals surface area (Å²) in [6, 6.07) is 2.50. The summed E-state index contributed by atoms with van der Waals surface area (Å²) in [5.41, 5.74) is 0. The number of hydrogen-bond acceptors (Lipinski definition) is 3. The fourth-order valence-electron chi connectivity index (χ4n) is 4.36. The number of hydrogen-bond donors (Lipinski definition) is 0. The van der Waals surface area contributed by atoms with Crippen molar-refractivity contribution in [3.05, 3.63) is 35.9 Å². The van der Waals surface area contributed by atoms with Crippen LogP contribution < -0.4 is 9.47 Å². The summed E-state index contributed by atoms with van der Waals surface area (Å²) in [7, 11) is 1.25. The maximum Gasteiger partial charge on any atom is 0.314 e. The number of halogens is 2. The van der Waals surface area contributed by atoms with Crippen molar-refractivity contribution in [1.29, 1.82) is 0 Å². The van der Waals surface area contributed by atoms with E-state index >= 15 is 0 Å². The molecule has 2 fully saturated rings.